The molecule has 0 aliphatic rings. The number of nitrogen functional groups attached to an aromatic ring is 1. The molecule has 0 saturated carbocycles. The van der Waals surface area contributed by atoms with Gasteiger partial charge in [0, 0.05) is 6.20 Å². The highest BCUT2D eigenvalue weighted by Crippen LogP contribution is 2.11. The summed E-state index contributed by atoms with van der Waals surface area (Å²) in [5.41, 5.74) is 9.41. The minimum atomic E-state index is 0.583. The first kappa shape index (κ1) is 9.71. The van der Waals surface area contributed by atoms with Gasteiger partial charge in [-0.2, -0.15) is 0 Å². The summed E-state index contributed by atoms with van der Waals surface area (Å²) in [5.74, 6) is 0.583. The van der Waals surface area contributed by atoms with Crippen molar-refractivity contribution < 1.29 is 0 Å². The van der Waals surface area contributed by atoms with E-state index in [9.17, 15) is 0 Å². The highest BCUT2D eigenvalue weighted by molar-refractivity contribution is 5.35. The van der Waals surface area contributed by atoms with E-state index in [0.29, 0.717) is 5.82 Å². The molecule has 1 aromatic carbocycles. The summed E-state index contributed by atoms with van der Waals surface area (Å²) in [4.78, 5) is 3.97. The minimum Gasteiger partial charge on any atom is -0.384 e. The van der Waals surface area contributed by atoms with Crippen LogP contribution < -0.4 is 5.73 Å². The summed E-state index contributed by atoms with van der Waals surface area (Å²) in [6.07, 6.45) is 2.66. The summed E-state index contributed by atoms with van der Waals surface area (Å²) >= 11 is 0. The first-order chi connectivity index (χ1) is 7.24. The largest absolute Gasteiger partial charge is 0.384 e. The summed E-state index contributed by atoms with van der Waals surface area (Å²) in [6.45, 7) is 2.09. The predicted molar refractivity (Wildman–Crippen MR) is 62.6 cm³/mol. The highest BCUT2D eigenvalue weighted by atomic mass is 14.8. The van der Waals surface area contributed by atoms with E-state index >= 15 is 0 Å². The number of pyridine rings is 1. The van der Waals surface area contributed by atoms with Gasteiger partial charge in [0.2, 0.25) is 0 Å². The number of aryl methyl sites for hydroxylation is 1. The van der Waals surface area contributed by atoms with Gasteiger partial charge in [0.1, 0.15) is 5.82 Å². The molecule has 2 rings (SSSR count). The third kappa shape index (κ3) is 2.56. The summed E-state index contributed by atoms with van der Waals surface area (Å²) in [5, 5.41) is 0. The third-order valence-corrected chi connectivity index (χ3v) is 2.37. The van der Waals surface area contributed by atoms with E-state index < -0.39 is 0 Å². The Labute approximate surface area is 89.8 Å². The molecule has 2 N–H and O–H groups in total. The number of benzene rings is 1. The van der Waals surface area contributed by atoms with E-state index in [0.717, 1.165) is 6.42 Å². The molecule has 76 valence electrons. The van der Waals surface area contributed by atoms with Gasteiger partial charge in [-0.1, -0.05) is 29.8 Å². The van der Waals surface area contributed by atoms with Crippen LogP contribution in [0.2, 0.25) is 0 Å². The Hall–Kier alpha value is -1.83. The second-order valence-electron chi connectivity index (χ2n) is 3.75. The Morgan fingerprint density at radius 2 is 1.80 bits per heavy atom. The molecule has 0 aliphatic carbocycles. The van der Waals surface area contributed by atoms with Crippen LogP contribution in [0.5, 0.6) is 0 Å². The lowest BCUT2D eigenvalue weighted by Gasteiger charge is -2.02. The van der Waals surface area contributed by atoms with E-state index in [1.165, 1.54) is 16.7 Å². The van der Waals surface area contributed by atoms with Crippen molar-refractivity contribution in [2.45, 2.75) is 13.3 Å². The Bertz CT molecular complexity index is 446. The van der Waals surface area contributed by atoms with Crippen molar-refractivity contribution in [3.05, 3.63) is 59.3 Å². The highest BCUT2D eigenvalue weighted by Gasteiger charge is 1.96. The molecule has 0 spiro atoms. The Morgan fingerprint density at radius 3 is 2.47 bits per heavy atom. The van der Waals surface area contributed by atoms with E-state index in [4.69, 9.17) is 5.73 Å². The van der Waals surface area contributed by atoms with Gasteiger partial charge in [0.15, 0.2) is 0 Å². The van der Waals surface area contributed by atoms with E-state index in [1.807, 2.05) is 12.1 Å². The van der Waals surface area contributed by atoms with Gasteiger partial charge in [0.25, 0.3) is 0 Å². The summed E-state index contributed by atoms with van der Waals surface area (Å²) in [7, 11) is 0. The van der Waals surface area contributed by atoms with Crippen molar-refractivity contribution in [3.8, 4) is 0 Å². The molecule has 2 aromatic rings. The molecule has 0 unspecified atom stereocenters. The van der Waals surface area contributed by atoms with Crippen LogP contribution in [0.25, 0.3) is 0 Å². The van der Waals surface area contributed by atoms with Crippen LogP contribution >= 0.6 is 0 Å². The molecule has 15 heavy (non-hydrogen) atoms. The second kappa shape index (κ2) is 4.13. The normalized spacial score (nSPS) is 10.2. The van der Waals surface area contributed by atoms with Gasteiger partial charge < -0.3 is 5.73 Å². The monoisotopic (exact) mass is 198 g/mol. The van der Waals surface area contributed by atoms with Crippen LogP contribution in [-0.2, 0) is 6.42 Å². The van der Waals surface area contributed by atoms with E-state index in [2.05, 4.69) is 36.2 Å². The third-order valence-electron chi connectivity index (χ3n) is 2.37. The molecular weight excluding hydrogens is 184 g/mol. The lowest BCUT2D eigenvalue weighted by atomic mass is 10.0. The average Bonchev–Trinajstić information content (AvgIpc) is 2.22. The second-order valence-corrected chi connectivity index (χ2v) is 3.75. The smallest absolute Gasteiger partial charge is 0.123 e. The van der Waals surface area contributed by atoms with E-state index in [1.54, 1.807) is 6.20 Å². The molecule has 0 atom stereocenters. The maximum Gasteiger partial charge on any atom is 0.123 e. The molecule has 2 heteroatoms. The first-order valence-corrected chi connectivity index (χ1v) is 5.00. The average molecular weight is 198 g/mol. The van der Waals surface area contributed by atoms with Crippen molar-refractivity contribution in [3.63, 3.8) is 0 Å². The zero-order chi connectivity index (χ0) is 10.7. The molecule has 0 aliphatic heterocycles. The van der Waals surface area contributed by atoms with Crippen molar-refractivity contribution >= 4 is 5.82 Å². The SMILES string of the molecule is Cc1ccc(Cc2ccnc(N)c2)cc1. The number of rotatable bonds is 2. The van der Waals surface area contributed by atoms with Gasteiger partial charge >= 0.3 is 0 Å². The molecule has 0 saturated heterocycles. The number of hydrogen-bond donors (Lipinski definition) is 1. The number of hydrogen-bond acceptors (Lipinski definition) is 2. The fourth-order valence-corrected chi connectivity index (χ4v) is 1.55. The Morgan fingerprint density at radius 1 is 1.07 bits per heavy atom. The van der Waals surface area contributed by atoms with Crippen LogP contribution in [0.15, 0.2) is 42.6 Å². The van der Waals surface area contributed by atoms with Crippen molar-refractivity contribution in [1.82, 2.24) is 4.98 Å². The standard InChI is InChI=1S/C13H14N2/c1-10-2-4-11(5-3-10)8-12-6-7-15-13(14)9-12/h2-7,9H,8H2,1H3,(H2,14,15). The number of anilines is 1. The molecule has 1 aromatic heterocycles. The van der Waals surface area contributed by atoms with Crippen LogP contribution in [-0.4, -0.2) is 4.98 Å². The fourth-order valence-electron chi connectivity index (χ4n) is 1.55. The number of aromatic nitrogens is 1. The lowest BCUT2D eigenvalue weighted by Crippen LogP contribution is -1.93. The van der Waals surface area contributed by atoms with Crippen molar-refractivity contribution in [1.29, 1.82) is 0 Å². The zero-order valence-electron chi connectivity index (χ0n) is 8.77. The number of nitrogens with zero attached hydrogens (tertiary/aromatic N) is 1. The van der Waals surface area contributed by atoms with Crippen LogP contribution in [0.3, 0.4) is 0 Å². The molecule has 0 fully saturated rings. The van der Waals surface area contributed by atoms with Crippen LogP contribution in [0.4, 0.5) is 5.82 Å². The van der Waals surface area contributed by atoms with Crippen LogP contribution in [0, 0.1) is 6.92 Å². The zero-order valence-corrected chi connectivity index (χ0v) is 8.77. The molecular formula is C13H14N2. The van der Waals surface area contributed by atoms with Crippen molar-refractivity contribution in [2.75, 3.05) is 5.73 Å². The summed E-state index contributed by atoms with van der Waals surface area (Å²) < 4.78 is 0. The molecule has 0 bridgehead atoms. The molecule has 0 amide bonds. The topological polar surface area (TPSA) is 38.9 Å². The van der Waals surface area contributed by atoms with Crippen molar-refractivity contribution in [2.24, 2.45) is 0 Å². The Kier molecular flexibility index (Phi) is 2.68. The van der Waals surface area contributed by atoms with Gasteiger partial charge in [-0.3, -0.25) is 0 Å². The lowest BCUT2D eigenvalue weighted by molar-refractivity contribution is 1.16. The summed E-state index contributed by atoms with van der Waals surface area (Å²) in [6, 6.07) is 12.5. The van der Waals surface area contributed by atoms with Crippen LogP contribution in [0.1, 0.15) is 16.7 Å². The molecule has 1 heterocycles. The fraction of sp³-hybridized carbons (Fsp3) is 0.154. The maximum absolute atomic E-state index is 5.63. The van der Waals surface area contributed by atoms with Gasteiger partial charge in [-0.25, -0.2) is 4.98 Å². The predicted octanol–water partition coefficient (Wildman–Crippen LogP) is 2.56. The first-order valence-electron chi connectivity index (χ1n) is 5.00. The van der Waals surface area contributed by atoms with Gasteiger partial charge in [-0.05, 0) is 36.6 Å². The molecule has 2 nitrogen and oxygen atoms in total. The Balaban J connectivity index is 2.18. The quantitative estimate of drug-likeness (QED) is 0.805. The molecule has 0 radical (unpaired) electrons. The number of nitrogens with two attached hydrogens (primary N) is 1. The maximum atomic E-state index is 5.63. The van der Waals surface area contributed by atoms with Gasteiger partial charge in [-0.15, -0.1) is 0 Å². The van der Waals surface area contributed by atoms with Gasteiger partial charge in [0.05, 0.1) is 0 Å². The minimum absolute atomic E-state index is 0.583. The van der Waals surface area contributed by atoms with E-state index in [-0.39, 0.29) is 0 Å².